The maximum Gasteiger partial charge on any atom is 0.490 e. The number of aromatic nitrogens is 2. The quantitative estimate of drug-likeness (QED) is 0.381. The van der Waals surface area contributed by atoms with E-state index in [9.17, 15) is 28.0 Å². The summed E-state index contributed by atoms with van der Waals surface area (Å²) in [5.41, 5.74) is 4.74. The van der Waals surface area contributed by atoms with E-state index in [2.05, 4.69) is 48.2 Å². The lowest BCUT2D eigenvalue weighted by Crippen LogP contribution is -2.50. The zero-order valence-electron chi connectivity index (χ0n) is 26.8. The first-order valence-corrected chi connectivity index (χ1v) is 16.7. The lowest BCUT2D eigenvalue weighted by molar-refractivity contribution is -0.192. The molecule has 3 fully saturated rings. The van der Waals surface area contributed by atoms with Crippen LogP contribution < -0.4 is 10.4 Å². The molecule has 5 rings (SSSR count). The highest BCUT2D eigenvalue weighted by Gasteiger charge is 2.38. The Kier molecular flexibility index (Phi) is 13.1. The highest BCUT2D eigenvalue weighted by molar-refractivity contribution is 9.10. The topological polar surface area (TPSA) is 146 Å². The van der Waals surface area contributed by atoms with E-state index in [1.54, 1.807) is 11.2 Å². The summed E-state index contributed by atoms with van der Waals surface area (Å²) in [6.07, 6.45) is 2.85. The van der Waals surface area contributed by atoms with Crippen molar-refractivity contribution in [1.29, 1.82) is 5.26 Å². The number of nitrogens with one attached hydrogen (secondary N) is 1. The smallest absolute Gasteiger partial charge is 0.475 e. The number of likely N-dealkylation sites (N-methyl/N-ethyl adjacent to an activating group) is 1. The minimum Gasteiger partial charge on any atom is -0.475 e. The van der Waals surface area contributed by atoms with Crippen LogP contribution in [0.15, 0.2) is 34.9 Å². The molecule has 1 aromatic heterocycles. The Bertz CT molecular complexity index is 1450. The van der Waals surface area contributed by atoms with Crippen molar-refractivity contribution >= 4 is 39.5 Å². The summed E-state index contributed by atoms with van der Waals surface area (Å²) < 4.78 is 32.4. The number of benzene rings is 1. The number of carbonyl (C=O) groups excluding carboxylic acids is 2. The lowest BCUT2D eigenvalue weighted by Gasteiger charge is -2.37. The molecule has 3 aliphatic rings. The number of hydrogen-bond donors (Lipinski definition) is 2. The number of nitrogens with zero attached hydrogens (tertiary/aromatic N) is 7. The molecule has 0 atom stereocenters. The van der Waals surface area contributed by atoms with Gasteiger partial charge in [-0.1, -0.05) is 25.0 Å². The fourth-order valence-corrected chi connectivity index (χ4v) is 6.47. The van der Waals surface area contributed by atoms with Crippen LogP contribution in [0.2, 0.25) is 0 Å². The monoisotopic (exact) mass is 736 g/mol. The molecule has 2 saturated heterocycles. The first kappa shape index (κ1) is 37.0. The fourth-order valence-electron chi connectivity index (χ4n) is 6.07. The predicted octanol–water partition coefficient (Wildman–Crippen LogP) is 4.07. The number of piperidine rings is 1. The second-order valence-corrected chi connectivity index (χ2v) is 13.2. The Hall–Kier alpha value is -3.81. The van der Waals surface area contributed by atoms with Crippen LogP contribution in [0.3, 0.4) is 0 Å². The third-order valence-corrected chi connectivity index (χ3v) is 9.41. The van der Waals surface area contributed by atoms with Crippen molar-refractivity contribution in [3.8, 4) is 6.07 Å². The molecule has 1 aliphatic carbocycles. The molecular weight excluding hydrogens is 697 g/mol. The Morgan fingerprint density at radius 3 is 2.21 bits per heavy atom. The standard InChI is InChI=1S/C30H39BrN8O2.C2HF3O2/c1-36-14-16-38(17-15-36)30(41)25-10-12-37(13-11-25)20-23-6-8-24(9-7-23)29(40)35-39(21-22-4-2-3-5-22)28-26(31)19-33-27(18-32)34-28;3-2(4,5)1(6)7/h6-9,19,22,25H,2-5,10-17,20-21H2,1H3,(H,35,40);(H,6,7). The van der Waals surface area contributed by atoms with E-state index in [4.69, 9.17) is 9.90 Å². The van der Waals surface area contributed by atoms with Crippen LogP contribution in [-0.4, -0.2) is 107 Å². The fraction of sp³-hybridized carbons (Fsp3) is 0.562. The molecule has 3 heterocycles. The van der Waals surface area contributed by atoms with Gasteiger partial charge in [0.2, 0.25) is 11.7 Å². The van der Waals surface area contributed by atoms with Gasteiger partial charge < -0.3 is 14.9 Å². The molecular formula is C32H40BrF3N8O4. The number of nitriles is 1. The zero-order chi connectivity index (χ0) is 34.8. The minimum atomic E-state index is -5.08. The van der Waals surface area contributed by atoms with Crippen LogP contribution in [0, 0.1) is 23.2 Å². The molecule has 1 aromatic carbocycles. The van der Waals surface area contributed by atoms with E-state index in [0.29, 0.717) is 34.2 Å². The number of rotatable bonds is 8. The van der Waals surface area contributed by atoms with Crippen molar-refractivity contribution in [2.45, 2.75) is 51.2 Å². The third kappa shape index (κ3) is 10.6. The average molecular weight is 738 g/mol. The second kappa shape index (κ2) is 17.0. The molecule has 16 heteroatoms. The molecule has 0 unspecified atom stereocenters. The van der Waals surface area contributed by atoms with Crippen LogP contribution in [0.25, 0.3) is 0 Å². The first-order valence-electron chi connectivity index (χ1n) is 15.9. The number of piperazine rings is 1. The van der Waals surface area contributed by atoms with Gasteiger partial charge in [0, 0.05) is 56.9 Å². The van der Waals surface area contributed by atoms with Crippen molar-refractivity contribution in [3.05, 3.63) is 51.9 Å². The maximum atomic E-state index is 13.3. The van der Waals surface area contributed by atoms with Crippen molar-refractivity contribution in [2.24, 2.45) is 11.8 Å². The summed E-state index contributed by atoms with van der Waals surface area (Å²) in [5.74, 6) is -1.52. The summed E-state index contributed by atoms with van der Waals surface area (Å²) in [4.78, 5) is 50.3. The largest absolute Gasteiger partial charge is 0.490 e. The van der Waals surface area contributed by atoms with Gasteiger partial charge in [0.1, 0.15) is 6.07 Å². The second-order valence-electron chi connectivity index (χ2n) is 12.4. The van der Waals surface area contributed by atoms with Gasteiger partial charge in [-0.3, -0.25) is 24.9 Å². The lowest BCUT2D eigenvalue weighted by atomic mass is 9.94. The highest BCUT2D eigenvalue weighted by Crippen LogP contribution is 2.29. The summed E-state index contributed by atoms with van der Waals surface area (Å²) in [6.45, 7) is 6.82. The normalized spacial score (nSPS) is 18.0. The average Bonchev–Trinajstić information content (AvgIpc) is 3.58. The number of carboxylic acid groups (broad SMARTS) is 1. The van der Waals surface area contributed by atoms with E-state index in [0.717, 1.165) is 77.1 Å². The van der Waals surface area contributed by atoms with Gasteiger partial charge in [0.05, 0.1) is 4.47 Å². The Morgan fingerprint density at radius 2 is 1.65 bits per heavy atom. The van der Waals surface area contributed by atoms with Gasteiger partial charge in [-0.05, 0) is 85.4 Å². The predicted molar refractivity (Wildman–Crippen MR) is 173 cm³/mol. The summed E-state index contributed by atoms with van der Waals surface area (Å²) in [6, 6.07) is 9.72. The molecule has 0 bridgehead atoms. The van der Waals surface area contributed by atoms with Crippen molar-refractivity contribution < 1.29 is 32.7 Å². The number of carbonyl (C=O) groups is 3. The van der Waals surface area contributed by atoms with Gasteiger partial charge in [-0.25, -0.2) is 9.78 Å². The van der Waals surface area contributed by atoms with E-state index in [1.807, 2.05) is 35.2 Å². The van der Waals surface area contributed by atoms with Crippen LogP contribution >= 0.6 is 15.9 Å². The van der Waals surface area contributed by atoms with E-state index in [1.165, 1.54) is 12.8 Å². The molecule has 12 nitrogen and oxygen atoms in total. The summed E-state index contributed by atoms with van der Waals surface area (Å²) >= 11 is 3.49. The van der Waals surface area contributed by atoms with E-state index >= 15 is 0 Å². The number of hydrogen-bond acceptors (Lipinski definition) is 9. The maximum absolute atomic E-state index is 13.3. The van der Waals surface area contributed by atoms with Gasteiger partial charge in [0.15, 0.2) is 5.82 Å². The third-order valence-electron chi connectivity index (χ3n) is 8.85. The Balaban J connectivity index is 0.000000671. The molecule has 2 aliphatic heterocycles. The SMILES string of the molecule is CN1CCN(C(=O)C2CCN(Cc3ccc(C(=O)NN(CC4CCCC4)c4nc(C#N)ncc4Br)cc3)CC2)CC1.O=C(O)C(F)(F)F. The summed E-state index contributed by atoms with van der Waals surface area (Å²) in [7, 11) is 2.11. The minimum absolute atomic E-state index is 0.0611. The Labute approximate surface area is 286 Å². The van der Waals surface area contributed by atoms with Gasteiger partial charge in [-0.15, -0.1) is 0 Å². The number of anilines is 1. The number of carboxylic acids is 1. The van der Waals surface area contributed by atoms with Crippen LogP contribution in [0.5, 0.6) is 0 Å². The molecule has 48 heavy (non-hydrogen) atoms. The number of amides is 2. The van der Waals surface area contributed by atoms with Crippen LogP contribution in [0.4, 0.5) is 19.0 Å². The molecule has 260 valence electrons. The molecule has 2 amide bonds. The van der Waals surface area contributed by atoms with Crippen molar-refractivity contribution in [2.75, 3.05) is 57.9 Å². The van der Waals surface area contributed by atoms with Crippen molar-refractivity contribution in [3.63, 3.8) is 0 Å². The highest BCUT2D eigenvalue weighted by atomic mass is 79.9. The van der Waals surface area contributed by atoms with Crippen LogP contribution in [0.1, 0.15) is 60.3 Å². The number of hydrazine groups is 1. The molecule has 2 aromatic rings. The van der Waals surface area contributed by atoms with Crippen molar-refractivity contribution in [1.82, 2.24) is 30.1 Å². The number of likely N-dealkylation sites (tertiary alicyclic amines) is 1. The molecule has 2 N–H and O–H groups in total. The van der Waals surface area contributed by atoms with Crippen LogP contribution in [-0.2, 0) is 16.1 Å². The summed E-state index contributed by atoms with van der Waals surface area (Å²) in [5, 5.41) is 18.2. The van der Waals surface area contributed by atoms with E-state index in [-0.39, 0.29) is 17.6 Å². The van der Waals surface area contributed by atoms with Gasteiger partial charge in [-0.2, -0.15) is 23.4 Å². The zero-order valence-corrected chi connectivity index (χ0v) is 28.3. The molecule has 1 saturated carbocycles. The number of aliphatic carboxylic acids is 1. The van der Waals surface area contributed by atoms with Gasteiger partial charge in [0.25, 0.3) is 5.91 Å². The molecule has 0 radical (unpaired) electrons. The molecule has 0 spiro atoms. The first-order chi connectivity index (χ1) is 22.8. The number of alkyl halides is 3. The number of halogens is 4. The van der Waals surface area contributed by atoms with E-state index < -0.39 is 12.1 Å². The Morgan fingerprint density at radius 1 is 1.04 bits per heavy atom. The van der Waals surface area contributed by atoms with Gasteiger partial charge >= 0.3 is 12.1 Å².